The predicted molar refractivity (Wildman–Crippen MR) is 88.9 cm³/mol. The van der Waals surface area contributed by atoms with Gasteiger partial charge in [0.2, 0.25) is 0 Å². The number of nitrogens with two attached hydrogens (primary N) is 1. The average Bonchev–Trinajstić information content (AvgIpc) is 2.99. The van der Waals surface area contributed by atoms with Crippen LogP contribution in [0.4, 0.5) is 17.6 Å². The molecular weight excluding hydrogens is 396 g/mol. The van der Waals surface area contributed by atoms with Gasteiger partial charge >= 0.3 is 12.1 Å². The smallest absolute Gasteiger partial charge is 0.484 e. The number of alkyl halides is 3. The zero-order valence-electron chi connectivity index (χ0n) is 14.1. The maximum absolute atomic E-state index is 13.2. The zero-order valence-corrected chi connectivity index (χ0v) is 14.8. The topological polar surface area (TPSA) is 102 Å². The van der Waals surface area contributed by atoms with Crippen LogP contribution in [0.1, 0.15) is 19.3 Å². The highest BCUT2D eigenvalue weighted by atomic mass is 35.5. The van der Waals surface area contributed by atoms with Gasteiger partial charge in [0.1, 0.15) is 11.6 Å². The molecule has 1 aromatic carbocycles. The fraction of sp³-hybridized carbons (Fsp3) is 0.500. The van der Waals surface area contributed by atoms with E-state index < -0.39 is 18.0 Å². The molecule has 2 unspecified atom stereocenters. The number of aliphatic carboxylic acids is 1. The summed E-state index contributed by atoms with van der Waals surface area (Å²) in [5, 5.41) is 9.95. The van der Waals surface area contributed by atoms with Crippen molar-refractivity contribution < 1.29 is 37.0 Å². The molecule has 1 fully saturated rings. The third kappa shape index (κ3) is 8.91. The molecule has 11 heteroatoms. The van der Waals surface area contributed by atoms with Gasteiger partial charge in [0.25, 0.3) is 5.91 Å². The first-order valence-corrected chi connectivity index (χ1v) is 8.27. The van der Waals surface area contributed by atoms with E-state index in [2.05, 4.69) is 5.32 Å². The van der Waals surface area contributed by atoms with E-state index in [-0.39, 0.29) is 29.3 Å². The minimum Gasteiger partial charge on any atom is -0.484 e. The summed E-state index contributed by atoms with van der Waals surface area (Å²) in [5.41, 5.74) is 5.81. The summed E-state index contributed by atoms with van der Waals surface area (Å²) < 4.78 is 50.1. The first-order chi connectivity index (χ1) is 12.5. The van der Waals surface area contributed by atoms with Crippen molar-refractivity contribution in [2.24, 2.45) is 11.7 Å². The second-order valence-electron chi connectivity index (χ2n) is 5.91. The highest BCUT2D eigenvalue weighted by Crippen LogP contribution is 2.23. The third-order valence-electron chi connectivity index (χ3n) is 3.67. The molecule has 6 nitrogen and oxygen atoms in total. The highest BCUT2D eigenvalue weighted by Gasteiger charge is 2.38. The first-order valence-electron chi connectivity index (χ1n) is 7.89. The number of halogens is 5. The molecule has 1 aliphatic rings. The van der Waals surface area contributed by atoms with Crippen molar-refractivity contribution in [3.8, 4) is 5.75 Å². The Morgan fingerprint density at radius 2 is 1.96 bits per heavy atom. The SMILES string of the molecule is NC1CCC(CNC(=O)COc2ccc(Cl)c(F)c2)C1.O=C(O)C(F)(F)F. The molecule has 1 amide bonds. The number of hydrogen-bond acceptors (Lipinski definition) is 4. The lowest BCUT2D eigenvalue weighted by atomic mass is 10.1. The van der Waals surface area contributed by atoms with Gasteiger partial charge in [-0.15, -0.1) is 0 Å². The Morgan fingerprint density at radius 3 is 2.44 bits per heavy atom. The normalized spacial score (nSPS) is 19.0. The molecule has 0 heterocycles. The van der Waals surface area contributed by atoms with Gasteiger partial charge in [-0.1, -0.05) is 11.6 Å². The van der Waals surface area contributed by atoms with Gasteiger partial charge in [0.05, 0.1) is 5.02 Å². The van der Waals surface area contributed by atoms with Gasteiger partial charge in [-0.3, -0.25) is 4.79 Å². The van der Waals surface area contributed by atoms with Crippen LogP contribution in [0.15, 0.2) is 18.2 Å². The van der Waals surface area contributed by atoms with Crippen molar-refractivity contribution in [1.82, 2.24) is 5.32 Å². The number of amides is 1. The van der Waals surface area contributed by atoms with E-state index in [9.17, 15) is 22.4 Å². The molecule has 0 aliphatic heterocycles. The van der Waals surface area contributed by atoms with Gasteiger partial charge in [0.15, 0.2) is 6.61 Å². The number of carbonyl (C=O) groups excluding carboxylic acids is 1. The highest BCUT2D eigenvalue weighted by molar-refractivity contribution is 6.30. The summed E-state index contributed by atoms with van der Waals surface area (Å²) in [6.07, 6.45) is -2.07. The van der Waals surface area contributed by atoms with Crippen LogP contribution in [0, 0.1) is 11.7 Å². The minimum atomic E-state index is -5.08. The molecule has 1 aliphatic carbocycles. The summed E-state index contributed by atoms with van der Waals surface area (Å²) in [7, 11) is 0. The van der Waals surface area contributed by atoms with E-state index in [1.165, 1.54) is 12.1 Å². The van der Waals surface area contributed by atoms with Gasteiger partial charge in [-0.25, -0.2) is 9.18 Å². The Labute approximate surface area is 157 Å². The van der Waals surface area contributed by atoms with Crippen LogP contribution in [0.5, 0.6) is 5.75 Å². The second-order valence-corrected chi connectivity index (χ2v) is 6.32. The molecule has 2 rings (SSSR count). The molecule has 152 valence electrons. The standard InChI is InChI=1S/C14H18ClFN2O2.C2HF3O2/c15-12-4-3-11(6-13(12)16)20-8-14(19)18-7-9-1-2-10(17)5-9;3-2(4,5)1(6)7/h3-4,6,9-10H,1-2,5,7-8,17H2,(H,18,19);(H,6,7). The average molecular weight is 415 g/mol. The fourth-order valence-corrected chi connectivity index (χ4v) is 2.44. The predicted octanol–water partition coefficient (Wildman–Crippen LogP) is 2.73. The van der Waals surface area contributed by atoms with Crippen molar-refractivity contribution in [3.63, 3.8) is 0 Å². The Bertz CT molecular complexity index is 658. The Hall–Kier alpha value is -2.07. The second kappa shape index (κ2) is 10.3. The molecule has 1 saturated carbocycles. The van der Waals surface area contributed by atoms with Crippen molar-refractivity contribution in [3.05, 3.63) is 29.0 Å². The molecule has 1 aromatic rings. The van der Waals surface area contributed by atoms with E-state index in [1.807, 2.05) is 0 Å². The monoisotopic (exact) mass is 414 g/mol. The molecule has 0 radical (unpaired) electrons. The van der Waals surface area contributed by atoms with Crippen LogP contribution < -0.4 is 15.8 Å². The largest absolute Gasteiger partial charge is 0.490 e. The Balaban J connectivity index is 0.000000445. The quantitative estimate of drug-likeness (QED) is 0.643. The van der Waals surface area contributed by atoms with E-state index in [4.69, 9.17) is 32.0 Å². The van der Waals surface area contributed by atoms with Crippen LogP contribution in [-0.4, -0.2) is 42.4 Å². The first kappa shape index (κ1) is 23.0. The number of carbonyl (C=O) groups is 2. The molecule has 2 atom stereocenters. The van der Waals surface area contributed by atoms with Gasteiger partial charge < -0.3 is 20.9 Å². The minimum absolute atomic E-state index is 0.0272. The number of carboxylic acids is 1. The third-order valence-corrected chi connectivity index (χ3v) is 3.98. The van der Waals surface area contributed by atoms with Crippen LogP contribution >= 0.6 is 11.6 Å². The fourth-order valence-electron chi connectivity index (χ4n) is 2.32. The maximum atomic E-state index is 13.2. The molecule has 27 heavy (non-hydrogen) atoms. The molecular formula is C16H19ClF4N2O4. The molecule has 0 bridgehead atoms. The van der Waals surface area contributed by atoms with Crippen LogP contribution in [-0.2, 0) is 9.59 Å². The zero-order chi connectivity index (χ0) is 20.6. The van der Waals surface area contributed by atoms with Gasteiger partial charge in [-0.05, 0) is 37.3 Å². The lowest BCUT2D eigenvalue weighted by molar-refractivity contribution is -0.192. The van der Waals surface area contributed by atoms with Crippen molar-refractivity contribution in [1.29, 1.82) is 0 Å². The van der Waals surface area contributed by atoms with Crippen molar-refractivity contribution in [2.75, 3.05) is 13.2 Å². The molecule has 0 saturated heterocycles. The van der Waals surface area contributed by atoms with Crippen LogP contribution in [0.2, 0.25) is 5.02 Å². The summed E-state index contributed by atoms with van der Waals surface area (Å²) >= 11 is 5.56. The van der Waals surface area contributed by atoms with Crippen LogP contribution in [0.25, 0.3) is 0 Å². The Morgan fingerprint density at radius 1 is 1.33 bits per heavy atom. The number of benzene rings is 1. The molecule has 4 N–H and O–H groups in total. The van der Waals surface area contributed by atoms with Gasteiger partial charge in [0, 0.05) is 18.7 Å². The number of carboxylic acid groups (broad SMARTS) is 1. The number of hydrogen-bond donors (Lipinski definition) is 3. The van der Waals surface area contributed by atoms with Gasteiger partial charge in [-0.2, -0.15) is 13.2 Å². The summed E-state index contributed by atoms with van der Waals surface area (Å²) in [6, 6.07) is 4.33. The van der Waals surface area contributed by atoms with Crippen molar-refractivity contribution in [2.45, 2.75) is 31.5 Å². The number of rotatable bonds is 5. The van der Waals surface area contributed by atoms with Crippen LogP contribution in [0.3, 0.4) is 0 Å². The van der Waals surface area contributed by atoms with E-state index in [0.717, 1.165) is 25.3 Å². The number of ether oxygens (including phenoxy) is 1. The lowest BCUT2D eigenvalue weighted by Gasteiger charge is -2.11. The maximum Gasteiger partial charge on any atom is 0.490 e. The van der Waals surface area contributed by atoms with E-state index >= 15 is 0 Å². The summed E-state index contributed by atoms with van der Waals surface area (Å²) in [5.74, 6) is -2.82. The summed E-state index contributed by atoms with van der Waals surface area (Å²) in [4.78, 5) is 20.5. The Kier molecular flexibility index (Phi) is 8.77. The van der Waals surface area contributed by atoms with Crippen molar-refractivity contribution >= 4 is 23.5 Å². The lowest BCUT2D eigenvalue weighted by Crippen LogP contribution is -2.33. The summed E-state index contributed by atoms with van der Waals surface area (Å²) in [6.45, 7) is 0.477. The van der Waals surface area contributed by atoms with E-state index in [1.54, 1.807) is 0 Å². The molecule has 0 spiro atoms. The molecule has 0 aromatic heterocycles. The number of nitrogens with one attached hydrogen (secondary N) is 1. The van der Waals surface area contributed by atoms with E-state index in [0.29, 0.717) is 12.5 Å².